The van der Waals surface area contributed by atoms with Crippen LogP contribution in [0.1, 0.15) is 34.6 Å². The third kappa shape index (κ3) is 2.91. The third-order valence-corrected chi connectivity index (χ3v) is 3.99. The zero-order chi connectivity index (χ0) is 14.5. The van der Waals surface area contributed by atoms with E-state index in [1.807, 2.05) is 11.4 Å². The lowest BCUT2D eigenvalue weighted by Gasteiger charge is -2.18. The molecule has 2 aromatic heterocycles. The largest absolute Gasteiger partial charge is 0.465 e. The molecule has 0 saturated heterocycles. The van der Waals surface area contributed by atoms with E-state index in [1.165, 1.54) is 12.0 Å². The molecule has 106 valence electrons. The van der Waals surface area contributed by atoms with Gasteiger partial charge in [-0.3, -0.25) is 0 Å². The molecule has 1 atom stereocenters. The number of pyridine rings is 1. The molecular formula is C14H17N3O2S. The molecule has 1 unspecified atom stereocenters. The van der Waals surface area contributed by atoms with Crippen LogP contribution in [-0.2, 0) is 4.74 Å². The Morgan fingerprint density at radius 2 is 2.35 bits per heavy atom. The minimum Gasteiger partial charge on any atom is -0.465 e. The number of esters is 1. The van der Waals surface area contributed by atoms with Crippen LogP contribution in [0.15, 0.2) is 29.8 Å². The number of rotatable bonds is 5. The second-order valence-corrected chi connectivity index (χ2v) is 5.21. The highest BCUT2D eigenvalue weighted by Crippen LogP contribution is 2.29. The molecule has 0 radical (unpaired) electrons. The van der Waals surface area contributed by atoms with Crippen molar-refractivity contribution in [2.75, 3.05) is 18.2 Å². The zero-order valence-corrected chi connectivity index (χ0v) is 12.2. The van der Waals surface area contributed by atoms with Crippen LogP contribution < -0.4 is 11.1 Å². The molecule has 0 aliphatic rings. The van der Waals surface area contributed by atoms with Gasteiger partial charge in [0.2, 0.25) is 0 Å². The molecule has 3 N–H and O–H groups in total. The summed E-state index contributed by atoms with van der Waals surface area (Å²) >= 11 is 1.67. The van der Waals surface area contributed by atoms with Gasteiger partial charge in [-0.1, -0.05) is 13.0 Å². The average Bonchev–Trinajstić information content (AvgIpc) is 2.99. The van der Waals surface area contributed by atoms with Gasteiger partial charge in [0.1, 0.15) is 0 Å². The first-order valence-electron chi connectivity index (χ1n) is 6.30. The van der Waals surface area contributed by atoms with Crippen LogP contribution in [0.25, 0.3) is 0 Å². The predicted molar refractivity (Wildman–Crippen MR) is 81.0 cm³/mol. The summed E-state index contributed by atoms with van der Waals surface area (Å²) < 4.78 is 4.70. The number of nitrogens with one attached hydrogen (secondary N) is 1. The van der Waals surface area contributed by atoms with E-state index in [2.05, 4.69) is 23.3 Å². The summed E-state index contributed by atoms with van der Waals surface area (Å²) in [5, 5.41) is 5.31. The van der Waals surface area contributed by atoms with Crippen molar-refractivity contribution in [2.45, 2.75) is 19.4 Å². The molecule has 0 amide bonds. The Labute approximate surface area is 121 Å². The van der Waals surface area contributed by atoms with Crippen LogP contribution in [0, 0.1) is 0 Å². The number of nitrogen functional groups attached to an aromatic ring is 1. The lowest BCUT2D eigenvalue weighted by molar-refractivity contribution is 0.0602. The van der Waals surface area contributed by atoms with E-state index in [1.54, 1.807) is 23.6 Å². The maximum absolute atomic E-state index is 11.6. The number of carbonyl (C=O) groups excluding carboxylic acids is 1. The van der Waals surface area contributed by atoms with Crippen LogP contribution in [0.5, 0.6) is 0 Å². The van der Waals surface area contributed by atoms with Crippen LogP contribution in [0.3, 0.4) is 0 Å². The number of nitrogens with two attached hydrogens (primary N) is 1. The Hall–Kier alpha value is -2.08. The van der Waals surface area contributed by atoms with Crippen molar-refractivity contribution in [2.24, 2.45) is 0 Å². The summed E-state index contributed by atoms with van der Waals surface area (Å²) in [6, 6.07) is 5.74. The number of thiophene rings is 1. The summed E-state index contributed by atoms with van der Waals surface area (Å²) in [6.45, 7) is 2.08. The van der Waals surface area contributed by atoms with Gasteiger partial charge in [-0.05, 0) is 23.9 Å². The lowest BCUT2D eigenvalue weighted by atomic mass is 10.1. The Balaban J connectivity index is 2.27. The molecule has 0 aliphatic carbocycles. The highest BCUT2D eigenvalue weighted by Gasteiger charge is 2.17. The van der Waals surface area contributed by atoms with Gasteiger partial charge in [-0.15, -0.1) is 11.3 Å². The van der Waals surface area contributed by atoms with Crippen molar-refractivity contribution < 1.29 is 9.53 Å². The monoisotopic (exact) mass is 291 g/mol. The first kappa shape index (κ1) is 14.3. The molecule has 0 aromatic carbocycles. The van der Waals surface area contributed by atoms with E-state index >= 15 is 0 Å². The number of aromatic nitrogens is 1. The molecule has 6 heteroatoms. The van der Waals surface area contributed by atoms with Crippen molar-refractivity contribution in [3.63, 3.8) is 0 Å². The van der Waals surface area contributed by atoms with Gasteiger partial charge in [0.15, 0.2) is 5.82 Å². The molecule has 0 bridgehead atoms. The number of methoxy groups -OCH3 is 1. The van der Waals surface area contributed by atoms with Crippen LogP contribution in [-0.4, -0.2) is 18.1 Å². The van der Waals surface area contributed by atoms with E-state index < -0.39 is 5.97 Å². The fourth-order valence-electron chi connectivity index (χ4n) is 1.91. The summed E-state index contributed by atoms with van der Waals surface area (Å²) in [4.78, 5) is 17.0. The quantitative estimate of drug-likeness (QED) is 0.828. The number of carbonyl (C=O) groups is 1. The molecule has 0 aliphatic heterocycles. The molecule has 5 nitrogen and oxygen atoms in total. The third-order valence-electron chi connectivity index (χ3n) is 3.00. The molecule has 0 saturated carbocycles. The molecule has 0 fully saturated rings. The van der Waals surface area contributed by atoms with Crippen LogP contribution in [0.4, 0.5) is 11.5 Å². The fourth-order valence-corrected chi connectivity index (χ4v) is 2.77. The molecule has 0 spiro atoms. The number of anilines is 2. The average molecular weight is 291 g/mol. The maximum Gasteiger partial charge on any atom is 0.340 e. The summed E-state index contributed by atoms with van der Waals surface area (Å²) in [5.41, 5.74) is 6.63. The van der Waals surface area contributed by atoms with Gasteiger partial charge in [0, 0.05) is 11.1 Å². The van der Waals surface area contributed by atoms with Gasteiger partial charge in [-0.25, -0.2) is 9.78 Å². The SMILES string of the molecule is CCC(Nc1nccc(C(=O)OC)c1N)c1cccs1. The Kier molecular flexibility index (Phi) is 4.57. The lowest BCUT2D eigenvalue weighted by Crippen LogP contribution is -2.14. The predicted octanol–water partition coefficient (Wildman–Crippen LogP) is 3.08. The molecule has 20 heavy (non-hydrogen) atoms. The Morgan fingerprint density at radius 3 is 2.95 bits per heavy atom. The maximum atomic E-state index is 11.6. The first-order chi connectivity index (χ1) is 9.67. The van der Waals surface area contributed by atoms with Crippen molar-refractivity contribution in [3.8, 4) is 0 Å². The van der Waals surface area contributed by atoms with E-state index in [-0.39, 0.29) is 6.04 Å². The minimum atomic E-state index is -0.461. The highest BCUT2D eigenvalue weighted by atomic mass is 32.1. The van der Waals surface area contributed by atoms with Gasteiger partial charge < -0.3 is 15.8 Å². The number of nitrogens with zero attached hydrogens (tertiary/aromatic N) is 1. The smallest absolute Gasteiger partial charge is 0.340 e. The van der Waals surface area contributed by atoms with Crippen LogP contribution in [0.2, 0.25) is 0 Å². The number of hydrogen-bond donors (Lipinski definition) is 2. The number of hydrogen-bond acceptors (Lipinski definition) is 6. The Bertz CT molecular complexity index is 584. The van der Waals surface area contributed by atoms with Crippen molar-refractivity contribution in [1.82, 2.24) is 4.98 Å². The molecular weight excluding hydrogens is 274 g/mol. The van der Waals surface area contributed by atoms with Crippen LogP contribution >= 0.6 is 11.3 Å². The zero-order valence-electron chi connectivity index (χ0n) is 11.4. The normalized spacial score (nSPS) is 11.9. The second kappa shape index (κ2) is 6.38. The first-order valence-corrected chi connectivity index (χ1v) is 7.18. The van der Waals surface area contributed by atoms with Gasteiger partial charge in [0.05, 0.1) is 24.4 Å². The summed E-state index contributed by atoms with van der Waals surface area (Å²) in [6.07, 6.45) is 2.44. The molecule has 2 rings (SSSR count). The van der Waals surface area contributed by atoms with E-state index in [4.69, 9.17) is 10.5 Å². The standard InChI is InChI=1S/C14H17N3O2S/c1-3-10(11-5-4-8-20-11)17-13-12(15)9(6-7-16-13)14(18)19-2/h4-8,10H,3,15H2,1-2H3,(H,16,17). The van der Waals surface area contributed by atoms with Gasteiger partial charge >= 0.3 is 5.97 Å². The Morgan fingerprint density at radius 1 is 1.55 bits per heavy atom. The van der Waals surface area contributed by atoms with Crippen molar-refractivity contribution in [1.29, 1.82) is 0 Å². The highest BCUT2D eigenvalue weighted by molar-refractivity contribution is 7.10. The van der Waals surface area contributed by atoms with E-state index in [0.717, 1.165) is 6.42 Å². The molecule has 2 heterocycles. The van der Waals surface area contributed by atoms with Gasteiger partial charge in [-0.2, -0.15) is 0 Å². The summed E-state index contributed by atoms with van der Waals surface area (Å²) in [5.74, 6) is 0.0465. The second-order valence-electron chi connectivity index (χ2n) is 4.23. The summed E-state index contributed by atoms with van der Waals surface area (Å²) in [7, 11) is 1.33. The number of ether oxygens (including phenoxy) is 1. The van der Waals surface area contributed by atoms with E-state index in [9.17, 15) is 4.79 Å². The topological polar surface area (TPSA) is 77.2 Å². The van der Waals surface area contributed by atoms with E-state index in [0.29, 0.717) is 17.1 Å². The van der Waals surface area contributed by atoms with Gasteiger partial charge in [0.25, 0.3) is 0 Å². The minimum absolute atomic E-state index is 0.123. The molecule has 2 aromatic rings. The fraction of sp³-hybridized carbons (Fsp3) is 0.286. The van der Waals surface area contributed by atoms with Crippen molar-refractivity contribution in [3.05, 3.63) is 40.2 Å². The van der Waals surface area contributed by atoms with Crippen molar-refractivity contribution >= 4 is 28.8 Å².